The third kappa shape index (κ3) is 3.55. The summed E-state index contributed by atoms with van der Waals surface area (Å²) in [5.74, 6) is -0.463. The maximum absolute atomic E-state index is 12.5. The molecule has 0 saturated carbocycles. The molecule has 1 aliphatic rings. The summed E-state index contributed by atoms with van der Waals surface area (Å²) in [7, 11) is 0. The zero-order valence-corrected chi connectivity index (χ0v) is 15.9. The molecule has 1 atom stereocenters. The maximum atomic E-state index is 12.5. The smallest absolute Gasteiger partial charge is 0.261 e. The third-order valence-electron chi connectivity index (χ3n) is 5.10. The number of Topliss-reactive ketones (excluding diaryl/α,β-unsaturated/α-hetero) is 1. The van der Waals surface area contributed by atoms with Gasteiger partial charge in [0.15, 0.2) is 5.78 Å². The van der Waals surface area contributed by atoms with Gasteiger partial charge in [-0.1, -0.05) is 19.1 Å². The number of rotatable bonds is 6. The van der Waals surface area contributed by atoms with Crippen LogP contribution in [0.2, 0.25) is 0 Å². The van der Waals surface area contributed by atoms with Crippen molar-refractivity contribution in [3.05, 3.63) is 69.8 Å². The Bertz CT molecular complexity index is 875. The standard InChI is InChI=1S/C22H24N2O3/c1-4-20(25)15-9-13(2)19(14(3)10-15)11-16(23)12-24-21(26)17-7-5-6-8-18(17)22(24)27/h5-10,16H,4,11-12,23H2,1-3H3/t16-/m0/s1. The number of carbonyl (C=O) groups is 3. The van der Waals surface area contributed by atoms with Crippen molar-refractivity contribution in [3.8, 4) is 0 Å². The van der Waals surface area contributed by atoms with Gasteiger partial charge in [-0.15, -0.1) is 0 Å². The zero-order chi connectivity index (χ0) is 19.7. The molecule has 1 heterocycles. The summed E-state index contributed by atoms with van der Waals surface area (Å²) < 4.78 is 0. The Kier molecular flexibility index (Phi) is 5.24. The van der Waals surface area contributed by atoms with Crippen LogP contribution in [-0.4, -0.2) is 35.1 Å². The second-order valence-corrected chi connectivity index (χ2v) is 7.10. The summed E-state index contributed by atoms with van der Waals surface area (Å²) in [5, 5.41) is 0. The summed E-state index contributed by atoms with van der Waals surface area (Å²) in [6.45, 7) is 5.94. The molecule has 5 nitrogen and oxygen atoms in total. The highest BCUT2D eigenvalue weighted by atomic mass is 16.2. The fourth-order valence-electron chi connectivity index (χ4n) is 3.65. The Morgan fingerprint density at radius 1 is 1.04 bits per heavy atom. The second-order valence-electron chi connectivity index (χ2n) is 7.10. The monoisotopic (exact) mass is 364 g/mol. The van der Waals surface area contributed by atoms with E-state index in [-0.39, 0.29) is 30.2 Å². The fraction of sp³-hybridized carbons (Fsp3) is 0.318. The molecule has 0 aromatic heterocycles. The van der Waals surface area contributed by atoms with E-state index >= 15 is 0 Å². The lowest BCUT2D eigenvalue weighted by molar-refractivity contribution is 0.0644. The molecule has 27 heavy (non-hydrogen) atoms. The molecule has 2 aromatic carbocycles. The number of hydrogen-bond acceptors (Lipinski definition) is 4. The Morgan fingerprint density at radius 3 is 2.04 bits per heavy atom. The zero-order valence-electron chi connectivity index (χ0n) is 15.9. The first-order valence-corrected chi connectivity index (χ1v) is 9.17. The van der Waals surface area contributed by atoms with Crippen LogP contribution in [0.25, 0.3) is 0 Å². The van der Waals surface area contributed by atoms with E-state index in [1.54, 1.807) is 24.3 Å². The highest BCUT2D eigenvalue weighted by Gasteiger charge is 2.35. The number of hydrogen-bond donors (Lipinski definition) is 1. The molecule has 2 N–H and O–H groups in total. The SMILES string of the molecule is CCC(=O)c1cc(C)c(C[C@H](N)CN2C(=O)c3ccccc3C2=O)c(C)c1. The topological polar surface area (TPSA) is 80.5 Å². The quantitative estimate of drug-likeness (QED) is 0.631. The molecular weight excluding hydrogens is 340 g/mol. The molecule has 140 valence electrons. The molecule has 0 radical (unpaired) electrons. The Balaban J connectivity index is 1.76. The average Bonchev–Trinajstić information content (AvgIpc) is 2.89. The molecule has 5 heteroatoms. The number of aryl methyl sites for hydroxylation is 2. The molecular formula is C22H24N2O3. The van der Waals surface area contributed by atoms with Crippen LogP contribution in [-0.2, 0) is 6.42 Å². The number of benzene rings is 2. The number of ketones is 1. The van der Waals surface area contributed by atoms with Gasteiger partial charge in [0, 0.05) is 24.6 Å². The molecule has 0 unspecified atom stereocenters. The molecule has 2 aromatic rings. The van der Waals surface area contributed by atoms with Gasteiger partial charge in [0.05, 0.1) is 11.1 Å². The number of amides is 2. The lowest BCUT2D eigenvalue weighted by Gasteiger charge is -2.21. The van der Waals surface area contributed by atoms with Gasteiger partial charge in [0.1, 0.15) is 0 Å². The van der Waals surface area contributed by atoms with Crippen molar-refractivity contribution in [2.45, 2.75) is 39.7 Å². The first-order valence-electron chi connectivity index (χ1n) is 9.17. The second kappa shape index (κ2) is 7.45. The first kappa shape index (κ1) is 19.0. The van der Waals surface area contributed by atoms with Gasteiger partial charge in [-0.25, -0.2) is 0 Å². The van der Waals surface area contributed by atoms with Crippen LogP contribution < -0.4 is 5.73 Å². The van der Waals surface area contributed by atoms with E-state index in [2.05, 4.69) is 0 Å². The molecule has 0 bridgehead atoms. The lowest BCUT2D eigenvalue weighted by atomic mass is 9.92. The highest BCUT2D eigenvalue weighted by molar-refractivity contribution is 6.21. The number of fused-ring (bicyclic) bond motifs is 1. The van der Waals surface area contributed by atoms with E-state index in [0.29, 0.717) is 29.5 Å². The minimum atomic E-state index is -0.377. The molecule has 0 spiro atoms. The number of carbonyl (C=O) groups excluding carboxylic acids is 3. The summed E-state index contributed by atoms with van der Waals surface area (Å²) in [4.78, 5) is 38.2. The molecule has 0 aliphatic carbocycles. The van der Waals surface area contributed by atoms with Crippen molar-refractivity contribution in [1.82, 2.24) is 4.90 Å². The average molecular weight is 364 g/mol. The van der Waals surface area contributed by atoms with Gasteiger partial charge >= 0.3 is 0 Å². The maximum Gasteiger partial charge on any atom is 0.261 e. The molecule has 0 fully saturated rings. The third-order valence-corrected chi connectivity index (χ3v) is 5.10. The van der Waals surface area contributed by atoms with Crippen molar-refractivity contribution in [3.63, 3.8) is 0 Å². The van der Waals surface area contributed by atoms with E-state index in [0.717, 1.165) is 16.7 Å². The van der Waals surface area contributed by atoms with Crippen molar-refractivity contribution in [2.75, 3.05) is 6.54 Å². The number of nitrogens with zero attached hydrogens (tertiary/aromatic N) is 1. The van der Waals surface area contributed by atoms with Gasteiger partial charge < -0.3 is 5.73 Å². The van der Waals surface area contributed by atoms with Crippen LogP contribution in [0.3, 0.4) is 0 Å². The largest absolute Gasteiger partial charge is 0.326 e. The van der Waals surface area contributed by atoms with Crippen molar-refractivity contribution < 1.29 is 14.4 Å². The van der Waals surface area contributed by atoms with Gasteiger partial charge in [0.2, 0.25) is 0 Å². The summed E-state index contributed by atoms with van der Waals surface area (Å²) in [5.41, 5.74) is 10.9. The van der Waals surface area contributed by atoms with Crippen LogP contribution in [0.4, 0.5) is 0 Å². The summed E-state index contributed by atoms with van der Waals surface area (Å²) in [6, 6.07) is 10.2. The van der Waals surface area contributed by atoms with Gasteiger partial charge in [-0.05, 0) is 61.2 Å². The van der Waals surface area contributed by atoms with E-state index < -0.39 is 0 Å². The molecule has 0 saturated heterocycles. The number of nitrogens with two attached hydrogens (primary N) is 1. The van der Waals surface area contributed by atoms with Gasteiger partial charge in [0.25, 0.3) is 11.8 Å². The van der Waals surface area contributed by atoms with E-state index in [9.17, 15) is 14.4 Å². The van der Waals surface area contributed by atoms with Crippen molar-refractivity contribution >= 4 is 17.6 Å². The van der Waals surface area contributed by atoms with E-state index in [1.807, 2.05) is 32.9 Å². The molecule has 1 aliphatic heterocycles. The van der Waals surface area contributed by atoms with Gasteiger partial charge in [-0.2, -0.15) is 0 Å². The van der Waals surface area contributed by atoms with Crippen LogP contribution in [0.15, 0.2) is 36.4 Å². The van der Waals surface area contributed by atoms with Crippen LogP contribution >= 0.6 is 0 Å². The van der Waals surface area contributed by atoms with Crippen molar-refractivity contribution in [2.24, 2.45) is 5.73 Å². The Hall–Kier alpha value is -2.79. The first-order chi connectivity index (χ1) is 12.8. The van der Waals surface area contributed by atoms with E-state index in [4.69, 9.17) is 5.73 Å². The lowest BCUT2D eigenvalue weighted by Crippen LogP contribution is -2.42. The molecule has 3 rings (SSSR count). The summed E-state index contributed by atoms with van der Waals surface area (Å²) >= 11 is 0. The Labute approximate surface area is 159 Å². The van der Waals surface area contributed by atoms with Crippen molar-refractivity contribution in [1.29, 1.82) is 0 Å². The van der Waals surface area contributed by atoms with Crippen LogP contribution in [0.1, 0.15) is 61.1 Å². The Morgan fingerprint density at radius 2 is 1.56 bits per heavy atom. The van der Waals surface area contributed by atoms with Crippen LogP contribution in [0, 0.1) is 13.8 Å². The van der Waals surface area contributed by atoms with Gasteiger partial charge in [-0.3, -0.25) is 19.3 Å². The predicted octanol–water partition coefficient (Wildman–Crippen LogP) is 3.06. The normalized spacial score (nSPS) is 14.4. The predicted molar refractivity (Wildman–Crippen MR) is 104 cm³/mol. The minimum absolute atomic E-state index is 0.114. The minimum Gasteiger partial charge on any atom is -0.326 e. The van der Waals surface area contributed by atoms with Crippen LogP contribution in [0.5, 0.6) is 0 Å². The fourth-order valence-corrected chi connectivity index (χ4v) is 3.65. The summed E-state index contributed by atoms with van der Waals surface area (Å²) in [6.07, 6.45) is 1.00. The number of imide groups is 1. The molecule has 2 amide bonds. The highest BCUT2D eigenvalue weighted by Crippen LogP contribution is 2.24. The van der Waals surface area contributed by atoms with E-state index in [1.165, 1.54) is 4.90 Å².